The van der Waals surface area contributed by atoms with Gasteiger partial charge in [0, 0.05) is 43.3 Å². The molecule has 148 valence electrons. The fourth-order valence-electron chi connectivity index (χ4n) is 2.97. The molecule has 10 nitrogen and oxygen atoms in total. The molecule has 0 atom stereocenters. The Morgan fingerprint density at radius 1 is 1.17 bits per heavy atom. The van der Waals surface area contributed by atoms with Gasteiger partial charge < -0.3 is 14.5 Å². The van der Waals surface area contributed by atoms with Gasteiger partial charge >= 0.3 is 0 Å². The molecule has 0 fully saturated rings. The Morgan fingerprint density at radius 2 is 2.07 bits per heavy atom. The van der Waals surface area contributed by atoms with Crippen molar-refractivity contribution >= 4 is 17.3 Å². The third-order valence-electron chi connectivity index (χ3n) is 4.43. The SMILES string of the molecule is CCOCc1cnc2ccc(CNc3nc(-c4cnn(C)c4)cnc3N=[NH2+])cn12. The van der Waals surface area contributed by atoms with Crippen LogP contribution in [0.5, 0.6) is 0 Å². The number of imidazole rings is 1. The van der Waals surface area contributed by atoms with E-state index in [0.29, 0.717) is 37.1 Å². The van der Waals surface area contributed by atoms with Gasteiger partial charge in [-0.1, -0.05) is 6.07 Å². The normalized spacial score (nSPS) is 11.1. The molecule has 0 aliphatic rings. The van der Waals surface area contributed by atoms with Gasteiger partial charge in [0.05, 0.1) is 36.6 Å². The predicted molar refractivity (Wildman–Crippen MR) is 106 cm³/mol. The van der Waals surface area contributed by atoms with Crippen molar-refractivity contribution in [3.8, 4) is 11.3 Å². The van der Waals surface area contributed by atoms with E-state index < -0.39 is 0 Å². The second kappa shape index (κ2) is 8.15. The maximum atomic E-state index is 5.51. The maximum absolute atomic E-state index is 5.51. The molecule has 4 rings (SSSR count). The highest BCUT2D eigenvalue weighted by Crippen LogP contribution is 2.24. The molecular formula is C19H22N9O+. The Balaban J connectivity index is 1.57. The van der Waals surface area contributed by atoms with Gasteiger partial charge in [-0.2, -0.15) is 10.6 Å². The van der Waals surface area contributed by atoms with Crippen LogP contribution in [0.15, 0.2) is 48.2 Å². The summed E-state index contributed by atoms with van der Waals surface area (Å²) in [6.07, 6.45) is 9.10. The molecule has 0 aliphatic carbocycles. The van der Waals surface area contributed by atoms with E-state index in [1.807, 2.05) is 49.1 Å². The van der Waals surface area contributed by atoms with Crippen LogP contribution in [0.2, 0.25) is 0 Å². The summed E-state index contributed by atoms with van der Waals surface area (Å²) in [7, 11) is 1.85. The van der Waals surface area contributed by atoms with Gasteiger partial charge in [0.25, 0.3) is 5.82 Å². The highest BCUT2D eigenvalue weighted by Gasteiger charge is 2.12. The second-order valence-corrected chi connectivity index (χ2v) is 6.47. The smallest absolute Gasteiger partial charge is 0.261 e. The van der Waals surface area contributed by atoms with Gasteiger partial charge in [-0.25, -0.2) is 15.0 Å². The Kier molecular flexibility index (Phi) is 5.25. The molecule has 0 aromatic carbocycles. The molecule has 10 heteroatoms. The topological polar surface area (TPSA) is 120 Å². The molecule has 4 heterocycles. The number of ether oxygens (including phenoxy) is 1. The first-order chi connectivity index (χ1) is 14.2. The Morgan fingerprint density at radius 3 is 2.83 bits per heavy atom. The molecular weight excluding hydrogens is 370 g/mol. The van der Waals surface area contributed by atoms with Crippen LogP contribution in [0.25, 0.3) is 16.9 Å². The summed E-state index contributed by atoms with van der Waals surface area (Å²) >= 11 is 0. The average molecular weight is 392 g/mol. The standard InChI is InChI=1S/C19H21N9O/c1-3-29-12-15-8-21-17-5-4-13(10-28(15)17)6-22-18-19(26-20)23-9-16(25-18)14-7-24-27(2)11-14/h4-5,7-11,20H,3,6,12H2,1-2H3,(H,22,25)/p+1. The average Bonchev–Trinajstić information content (AvgIpc) is 3.36. The number of pyridine rings is 1. The second-order valence-electron chi connectivity index (χ2n) is 6.47. The van der Waals surface area contributed by atoms with Gasteiger partial charge in [0.15, 0.2) is 5.82 Å². The zero-order valence-corrected chi connectivity index (χ0v) is 16.3. The summed E-state index contributed by atoms with van der Waals surface area (Å²) in [5, 5.41) is 11.2. The number of hydrogen-bond donors (Lipinski definition) is 2. The summed E-state index contributed by atoms with van der Waals surface area (Å²) < 4.78 is 9.25. The van der Waals surface area contributed by atoms with Crippen molar-refractivity contribution in [3.05, 3.63) is 54.4 Å². The molecule has 4 aromatic heterocycles. The molecule has 0 aliphatic heterocycles. The van der Waals surface area contributed by atoms with E-state index in [4.69, 9.17) is 10.3 Å². The van der Waals surface area contributed by atoms with Crippen molar-refractivity contribution in [1.29, 1.82) is 0 Å². The van der Waals surface area contributed by atoms with Crippen LogP contribution in [0.3, 0.4) is 0 Å². The number of fused-ring (bicyclic) bond motifs is 1. The largest absolute Gasteiger partial charge is 0.375 e. The molecule has 0 saturated heterocycles. The molecule has 0 bridgehead atoms. The van der Waals surface area contributed by atoms with Crippen LogP contribution >= 0.6 is 0 Å². The van der Waals surface area contributed by atoms with Crippen LogP contribution in [0.1, 0.15) is 18.2 Å². The third kappa shape index (κ3) is 3.97. The lowest BCUT2D eigenvalue weighted by Gasteiger charge is -2.09. The van der Waals surface area contributed by atoms with Crippen molar-refractivity contribution in [2.75, 3.05) is 11.9 Å². The number of nitrogens with one attached hydrogen (secondary N) is 1. The molecule has 4 aromatic rings. The summed E-state index contributed by atoms with van der Waals surface area (Å²) in [5.41, 5.74) is 9.96. The zero-order valence-electron chi connectivity index (χ0n) is 16.3. The van der Waals surface area contributed by atoms with Gasteiger partial charge in [-0.05, 0) is 18.6 Å². The Bertz CT molecular complexity index is 1150. The lowest BCUT2D eigenvalue weighted by molar-refractivity contribution is -0.210. The minimum Gasteiger partial charge on any atom is -0.375 e. The number of aryl methyl sites for hydroxylation is 1. The van der Waals surface area contributed by atoms with Crippen LogP contribution < -0.4 is 10.8 Å². The predicted octanol–water partition coefficient (Wildman–Crippen LogP) is 1.52. The van der Waals surface area contributed by atoms with Gasteiger partial charge in [-0.15, -0.1) is 0 Å². The van der Waals surface area contributed by atoms with E-state index in [0.717, 1.165) is 22.5 Å². The number of aromatic nitrogens is 6. The van der Waals surface area contributed by atoms with E-state index in [2.05, 4.69) is 30.5 Å². The first-order valence-corrected chi connectivity index (χ1v) is 9.21. The molecule has 0 spiro atoms. The Labute approximate surface area is 167 Å². The Hall–Kier alpha value is -3.66. The van der Waals surface area contributed by atoms with Crippen LogP contribution in [0.4, 0.5) is 11.6 Å². The van der Waals surface area contributed by atoms with E-state index in [9.17, 15) is 0 Å². The highest BCUT2D eigenvalue weighted by atomic mass is 16.5. The van der Waals surface area contributed by atoms with Gasteiger partial charge in [0.2, 0.25) is 0 Å². The van der Waals surface area contributed by atoms with Crippen LogP contribution in [-0.4, -0.2) is 35.7 Å². The van der Waals surface area contributed by atoms with E-state index in [1.165, 1.54) is 0 Å². The van der Waals surface area contributed by atoms with Crippen molar-refractivity contribution in [1.82, 2.24) is 29.1 Å². The van der Waals surface area contributed by atoms with E-state index in [1.54, 1.807) is 17.1 Å². The van der Waals surface area contributed by atoms with Crippen molar-refractivity contribution in [2.45, 2.75) is 20.1 Å². The fraction of sp³-hybridized carbons (Fsp3) is 0.263. The highest BCUT2D eigenvalue weighted by molar-refractivity contribution is 5.63. The lowest BCUT2D eigenvalue weighted by atomic mass is 10.2. The third-order valence-corrected chi connectivity index (χ3v) is 4.43. The van der Waals surface area contributed by atoms with Gasteiger partial charge in [0.1, 0.15) is 5.65 Å². The van der Waals surface area contributed by atoms with Crippen LogP contribution in [-0.2, 0) is 24.9 Å². The first-order valence-electron chi connectivity index (χ1n) is 9.21. The maximum Gasteiger partial charge on any atom is 0.261 e. The summed E-state index contributed by atoms with van der Waals surface area (Å²) in [4.78, 5) is 13.3. The minimum atomic E-state index is 0.346. The van der Waals surface area contributed by atoms with Crippen molar-refractivity contribution < 1.29 is 10.3 Å². The first kappa shape index (κ1) is 18.7. The van der Waals surface area contributed by atoms with Crippen molar-refractivity contribution in [2.24, 2.45) is 12.2 Å². The zero-order chi connectivity index (χ0) is 20.2. The molecule has 0 unspecified atom stereocenters. The molecule has 0 saturated carbocycles. The van der Waals surface area contributed by atoms with E-state index >= 15 is 0 Å². The quantitative estimate of drug-likeness (QED) is 0.439. The number of nitrogens with zero attached hydrogens (tertiary/aromatic N) is 7. The number of nitrogens with two attached hydrogens (primary N) is 1. The lowest BCUT2D eigenvalue weighted by Crippen LogP contribution is -2.22. The van der Waals surface area contributed by atoms with Crippen molar-refractivity contribution in [3.63, 3.8) is 0 Å². The summed E-state index contributed by atoms with van der Waals surface area (Å²) in [6.45, 7) is 3.67. The molecule has 29 heavy (non-hydrogen) atoms. The number of anilines is 1. The van der Waals surface area contributed by atoms with E-state index in [-0.39, 0.29) is 0 Å². The fourth-order valence-corrected chi connectivity index (χ4v) is 2.97. The monoisotopic (exact) mass is 392 g/mol. The molecule has 0 radical (unpaired) electrons. The summed E-state index contributed by atoms with van der Waals surface area (Å²) in [6, 6.07) is 3.98. The molecule has 3 N–H and O–H groups in total. The number of rotatable bonds is 8. The number of hydrogen-bond acceptors (Lipinski definition) is 7. The van der Waals surface area contributed by atoms with Crippen LogP contribution in [0, 0.1) is 0 Å². The molecule has 0 amide bonds. The minimum absolute atomic E-state index is 0.346. The summed E-state index contributed by atoms with van der Waals surface area (Å²) in [5.74, 6) is 0.854. The van der Waals surface area contributed by atoms with Gasteiger partial charge in [-0.3, -0.25) is 4.68 Å².